The Balaban J connectivity index is 1.70. The molecule has 4 aromatic rings. The van der Waals surface area contributed by atoms with Crippen molar-refractivity contribution in [1.29, 1.82) is 0 Å². The number of halogens is 1. The Labute approximate surface area is 181 Å². The van der Waals surface area contributed by atoms with E-state index < -0.39 is 0 Å². The first-order valence-electron chi connectivity index (χ1n) is 9.57. The van der Waals surface area contributed by atoms with Crippen molar-refractivity contribution in [2.45, 2.75) is 19.3 Å². The molecule has 3 aromatic heterocycles. The van der Waals surface area contributed by atoms with Crippen molar-refractivity contribution in [3.63, 3.8) is 0 Å². The van der Waals surface area contributed by atoms with E-state index in [2.05, 4.69) is 9.97 Å². The van der Waals surface area contributed by atoms with Crippen LogP contribution in [0.2, 0.25) is 5.02 Å². The molecule has 0 N–H and O–H groups in total. The molecule has 7 heteroatoms. The lowest BCUT2D eigenvalue weighted by Crippen LogP contribution is -2.29. The lowest BCUT2D eigenvalue weighted by atomic mass is 9.93. The summed E-state index contributed by atoms with van der Waals surface area (Å²) < 4.78 is 1.57. The Kier molecular flexibility index (Phi) is 4.81. The molecule has 1 aliphatic carbocycles. The summed E-state index contributed by atoms with van der Waals surface area (Å²) in [6.07, 6.45) is 3.53. The van der Waals surface area contributed by atoms with Crippen molar-refractivity contribution >= 4 is 28.7 Å². The summed E-state index contributed by atoms with van der Waals surface area (Å²) in [6, 6.07) is 14.5. The maximum atomic E-state index is 13.5. The zero-order chi connectivity index (χ0) is 20.7. The van der Waals surface area contributed by atoms with Gasteiger partial charge in [-0.25, -0.2) is 9.97 Å². The van der Waals surface area contributed by atoms with Crippen molar-refractivity contribution in [1.82, 2.24) is 14.5 Å². The van der Waals surface area contributed by atoms with Crippen LogP contribution in [0.5, 0.6) is 0 Å². The molecule has 0 spiro atoms. The number of pyridine rings is 2. The quantitative estimate of drug-likeness (QED) is 0.445. The predicted molar refractivity (Wildman–Crippen MR) is 119 cm³/mol. The number of nitrogens with zero attached hydrogens (tertiary/aromatic N) is 3. The van der Waals surface area contributed by atoms with Gasteiger partial charge in [0, 0.05) is 39.8 Å². The molecule has 5 nitrogen and oxygen atoms in total. The van der Waals surface area contributed by atoms with Crippen LogP contribution in [-0.4, -0.2) is 20.3 Å². The molecule has 0 saturated carbocycles. The molecule has 5 rings (SSSR count). The molecular formula is C23H16ClN3O2S. The molecule has 1 aliphatic rings. The van der Waals surface area contributed by atoms with Gasteiger partial charge < -0.3 is 0 Å². The van der Waals surface area contributed by atoms with Gasteiger partial charge in [-0.15, -0.1) is 11.3 Å². The third-order valence-corrected chi connectivity index (χ3v) is 6.30. The van der Waals surface area contributed by atoms with Crippen molar-refractivity contribution in [2.75, 3.05) is 0 Å². The van der Waals surface area contributed by atoms with E-state index >= 15 is 0 Å². The summed E-state index contributed by atoms with van der Waals surface area (Å²) >= 11 is 7.36. The molecular weight excluding hydrogens is 418 g/mol. The summed E-state index contributed by atoms with van der Waals surface area (Å²) in [5.74, 6) is 0.571. The van der Waals surface area contributed by atoms with E-state index in [0.717, 1.165) is 23.4 Å². The lowest BCUT2D eigenvalue weighted by molar-refractivity contribution is 0.0971. The van der Waals surface area contributed by atoms with Crippen molar-refractivity contribution in [3.8, 4) is 27.6 Å². The molecule has 0 bridgehead atoms. The number of carbonyl (C=O) groups is 1. The van der Waals surface area contributed by atoms with Crippen LogP contribution < -0.4 is 5.56 Å². The number of ketones is 1. The van der Waals surface area contributed by atoms with E-state index in [-0.39, 0.29) is 11.3 Å². The minimum atomic E-state index is -0.209. The largest absolute Gasteiger partial charge is 0.294 e. The first kappa shape index (κ1) is 18.9. The minimum Gasteiger partial charge on any atom is -0.294 e. The minimum absolute atomic E-state index is 0.0525. The second kappa shape index (κ2) is 7.63. The van der Waals surface area contributed by atoms with Crippen molar-refractivity contribution in [2.24, 2.45) is 0 Å². The van der Waals surface area contributed by atoms with Crippen LogP contribution >= 0.6 is 22.9 Å². The molecule has 0 amide bonds. The van der Waals surface area contributed by atoms with Gasteiger partial charge in [-0.1, -0.05) is 29.8 Å². The van der Waals surface area contributed by atoms with E-state index in [1.54, 1.807) is 29.0 Å². The highest BCUT2D eigenvalue weighted by Gasteiger charge is 2.25. The van der Waals surface area contributed by atoms with E-state index in [0.29, 0.717) is 39.8 Å². The van der Waals surface area contributed by atoms with Crippen LogP contribution in [0, 0.1) is 0 Å². The number of hydrogen-bond donors (Lipinski definition) is 0. The summed E-state index contributed by atoms with van der Waals surface area (Å²) in [5.41, 5.74) is 3.21. The number of Topliss-reactive ketones (excluding diaryl/α,β-unsaturated/α-hetero) is 1. The fourth-order valence-electron chi connectivity index (χ4n) is 3.72. The Hall–Kier alpha value is -3.09. The number of fused-ring (bicyclic) bond motifs is 1. The monoisotopic (exact) mass is 433 g/mol. The lowest BCUT2D eigenvalue weighted by Gasteiger charge is -2.20. The normalized spacial score (nSPS) is 13.3. The van der Waals surface area contributed by atoms with Crippen LogP contribution in [-0.2, 0) is 6.42 Å². The second-order valence-corrected chi connectivity index (χ2v) is 8.36. The van der Waals surface area contributed by atoms with Gasteiger partial charge in [0.1, 0.15) is 10.8 Å². The van der Waals surface area contributed by atoms with Gasteiger partial charge in [-0.2, -0.15) is 0 Å². The number of benzene rings is 1. The molecule has 148 valence electrons. The first-order chi connectivity index (χ1) is 14.6. The molecule has 0 aliphatic heterocycles. The van der Waals surface area contributed by atoms with Gasteiger partial charge in [0.05, 0.1) is 11.3 Å². The topological polar surface area (TPSA) is 64.8 Å². The van der Waals surface area contributed by atoms with E-state index in [9.17, 15) is 9.59 Å². The van der Waals surface area contributed by atoms with Crippen molar-refractivity contribution in [3.05, 3.63) is 86.7 Å². The molecule has 0 radical (unpaired) electrons. The SMILES string of the molecule is O=C1CCCc2c1cc(-c1nc(-c3ccc(Cl)cc3)cs1)c(=O)n2-c1ccccn1. The number of thiazole rings is 1. The first-order valence-corrected chi connectivity index (χ1v) is 10.8. The molecule has 0 saturated heterocycles. The Bertz CT molecular complexity index is 1310. The zero-order valence-corrected chi connectivity index (χ0v) is 17.4. The average Bonchev–Trinajstić information content (AvgIpc) is 3.25. The third kappa shape index (κ3) is 3.28. The molecule has 3 heterocycles. The zero-order valence-electron chi connectivity index (χ0n) is 15.8. The molecule has 30 heavy (non-hydrogen) atoms. The third-order valence-electron chi connectivity index (χ3n) is 5.17. The maximum absolute atomic E-state index is 13.5. The summed E-state index contributed by atoms with van der Waals surface area (Å²) in [7, 11) is 0. The molecule has 0 fully saturated rings. The standard InChI is InChI=1S/C23H16ClN3O2S/c24-15-9-7-14(8-10-15)18-13-30-22(26-18)17-12-16-19(4-3-5-20(16)28)27(23(17)29)21-6-1-2-11-25-21/h1-2,6-13H,3-5H2. The van der Waals surface area contributed by atoms with Crippen LogP contribution in [0.1, 0.15) is 28.9 Å². The average molecular weight is 434 g/mol. The molecule has 1 aromatic carbocycles. The van der Waals surface area contributed by atoms with Crippen LogP contribution in [0.3, 0.4) is 0 Å². The smallest absolute Gasteiger partial charge is 0.266 e. The van der Waals surface area contributed by atoms with Gasteiger partial charge in [-0.05, 0) is 43.2 Å². The summed E-state index contributed by atoms with van der Waals surface area (Å²) in [5, 5.41) is 3.14. The predicted octanol–water partition coefficient (Wildman–Crippen LogP) is 5.20. The number of rotatable bonds is 3. The van der Waals surface area contributed by atoms with Gasteiger partial charge in [0.25, 0.3) is 5.56 Å². The van der Waals surface area contributed by atoms with Gasteiger partial charge >= 0.3 is 0 Å². The molecule has 0 atom stereocenters. The molecule has 0 unspecified atom stereocenters. The van der Waals surface area contributed by atoms with Crippen LogP contribution in [0.4, 0.5) is 0 Å². The van der Waals surface area contributed by atoms with Gasteiger partial charge in [-0.3, -0.25) is 14.2 Å². The Morgan fingerprint density at radius 3 is 2.60 bits per heavy atom. The van der Waals surface area contributed by atoms with Gasteiger partial charge in [0.15, 0.2) is 5.78 Å². The number of aromatic nitrogens is 3. The fraction of sp³-hybridized carbons (Fsp3) is 0.130. The Morgan fingerprint density at radius 1 is 1.00 bits per heavy atom. The number of hydrogen-bond acceptors (Lipinski definition) is 5. The summed E-state index contributed by atoms with van der Waals surface area (Å²) in [6.45, 7) is 0. The summed E-state index contributed by atoms with van der Waals surface area (Å²) in [4.78, 5) is 35.2. The second-order valence-electron chi connectivity index (χ2n) is 7.07. The van der Waals surface area contributed by atoms with E-state index in [1.165, 1.54) is 11.3 Å². The van der Waals surface area contributed by atoms with Crippen LogP contribution in [0.25, 0.3) is 27.6 Å². The highest BCUT2D eigenvalue weighted by atomic mass is 35.5. The van der Waals surface area contributed by atoms with E-state index in [1.807, 2.05) is 35.7 Å². The fourth-order valence-corrected chi connectivity index (χ4v) is 4.69. The maximum Gasteiger partial charge on any atom is 0.266 e. The van der Waals surface area contributed by atoms with E-state index in [4.69, 9.17) is 11.6 Å². The number of carbonyl (C=O) groups excluding carboxylic acids is 1. The Morgan fingerprint density at radius 2 is 1.83 bits per heavy atom. The highest BCUT2D eigenvalue weighted by molar-refractivity contribution is 7.13. The van der Waals surface area contributed by atoms with Crippen LogP contribution in [0.15, 0.2) is 64.9 Å². The van der Waals surface area contributed by atoms with Gasteiger partial charge in [0.2, 0.25) is 0 Å². The highest BCUT2D eigenvalue weighted by Crippen LogP contribution is 2.31. The van der Waals surface area contributed by atoms with Crippen molar-refractivity contribution < 1.29 is 4.79 Å².